The molecule has 90 valence electrons. The summed E-state index contributed by atoms with van der Waals surface area (Å²) in [6.07, 6.45) is 1.58. The maximum Gasteiger partial charge on any atom is 0.127 e. The molecule has 3 heteroatoms. The summed E-state index contributed by atoms with van der Waals surface area (Å²) in [4.78, 5) is 0. The normalized spacial score (nSPS) is 16.9. The summed E-state index contributed by atoms with van der Waals surface area (Å²) in [5, 5.41) is 0. The third kappa shape index (κ3) is 3.29. The molecule has 0 bridgehead atoms. The molecular formula is C13H19BrFN. The van der Waals surface area contributed by atoms with Gasteiger partial charge in [0.25, 0.3) is 0 Å². The van der Waals surface area contributed by atoms with E-state index in [0.717, 1.165) is 10.9 Å². The Labute approximate surface area is 105 Å². The standard InChI is InChI=1S/C13H19BrFN/c1-4-9(2)13(3,16)8-10-5-6-11(14)7-12(10)15/h5-7,9H,4,8,16H2,1-3H3. The molecule has 2 unspecified atom stereocenters. The largest absolute Gasteiger partial charge is 0.325 e. The first kappa shape index (κ1) is 13.7. The van der Waals surface area contributed by atoms with Gasteiger partial charge in [-0.3, -0.25) is 0 Å². The molecule has 0 amide bonds. The Hall–Kier alpha value is -0.410. The maximum absolute atomic E-state index is 13.7. The van der Waals surface area contributed by atoms with Crippen LogP contribution in [0.2, 0.25) is 0 Å². The Balaban J connectivity index is 2.87. The second-order valence-corrected chi connectivity index (χ2v) is 5.64. The quantitative estimate of drug-likeness (QED) is 0.893. The smallest absolute Gasteiger partial charge is 0.127 e. The molecule has 1 rings (SSSR count). The Morgan fingerprint density at radius 2 is 2.12 bits per heavy atom. The highest BCUT2D eigenvalue weighted by atomic mass is 79.9. The van der Waals surface area contributed by atoms with E-state index in [1.54, 1.807) is 6.07 Å². The van der Waals surface area contributed by atoms with Gasteiger partial charge < -0.3 is 5.73 Å². The van der Waals surface area contributed by atoms with E-state index < -0.39 is 0 Å². The zero-order valence-electron chi connectivity index (χ0n) is 10.1. The fourth-order valence-corrected chi connectivity index (χ4v) is 2.05. The van der Waals surface area contributed by atoms with Gasteiger partial charge >= 0.3 is 0 Å². The van der Waals surface area contributed by atoms with Crippen LogP contribution in [0.3, 0.4) is 0 Å². The van der Waals surface area contributed by atoms with Crippen molar-refractivity contribution in [3.05, 3.63) is 34.1 Å². The third-order valence-corrected chi connectivity index (χ3v) is 3.82. The van der Waals surface area contributed by atoms with E-state index in [9.17, 15) is 4.39 Å². The molecule has 0 spiro atoms. The minimum Gasteiger partial charge on any atom is -0.325 e. The molecule has 1 nitrogen and oxygen atoms in total. The van der Waals surface area contributed by atoms with Crippen molar-refractivity contribution < 1.29 is 4.39 Å². The van der Waals surface area contributed by atoms with Crippen molar-refractivity contribution >= 4 is 15.9 Å². The Morgan fingerprint density at radius 1 is 1.50 bits per heavy atom. The van der Waals surface area contributed by atoms with E-state index in [0.29, 0.717) is 17.9 Å². The number of rotatable bonds is 4. The highest BCUT2D eigenvalue weighted by Gasteiger charge is 2.26. The van der Waals surface area contributed by atoms with Crippen LogP contribution in [0, 0.1) is 11.7 Å². The Kier molecular flexibility index (Phi) is 4.51. The first-order valence-corrected chi connectivity index (χ1v) is 6.39. The van der Waals surface area contributed by atoms with Crippen LogP contribution >= 0.6 is 15.9 Å². The molecule has 2 atom stereocenters. The highest BCUT2D eigenvalue weighted by Crippen LogP contribution is 2.24. The molecule has 0 aromatic heterocycles. The summed E-state index contributed by atoms with van der Waals surface area (Å²) in [5.41, 5.74) is 6.56. The molecule has 0 aliphatic heterocycles. The van der Waals surface area contributed by atoms with Crippen LogP contribution in [0.15, 0.2) is 22.7 Å². The highest BCUT2D eigenvalue weighted by molar-refractivity contribution is 9.10. The predicted octanol–water partition coefficient (Wildman–Crippen LogP) is 3.89. The summed E-state index contributed by atoms with van der Waals surface area (Å²) >= 11 is 3.25. The molecule has 1 aromatic carbocycles. The summed E-state index contributed by atoms with van der Waals surface area (Å²) in [7, 11) is 0. The van der Waals surface area contributed by atoms with Gasteiger partial charge in [-0.15, -0.1) is 0 Å². The van der Waals surface area contributed by atoms with E-state index in [1.165, 1.54) is 6.07 Å². The topological polar surface area (TPSA) is 26.0 Å². The lowest BCUT2D eigenvalue weighted by molar-refractivity contribution is 0.303. The number of benzene rings is 1. The van der Waals surface area contributed by atoms with Crippen molar-refractivity contribution in [1.29, 1.82) is 0 Å². The molecule has 1 aromatic rings. The first-order chi connectivity index (χ1) is 7.36. The van der Waals surface area contributed by atoms with Gasteiger partial charge in [-0.05, 0) is 37.0 Å². The number of hydrogen-bond acceptors (Lipinski definition) is 1. The van der Waals surface area contributed by atoms with Crippen LogP contribution in [-0.4, -0.2) is 5.54 Å². The molecule has 16 heavy (non-hydrogen) atoms. The van der Waals surface area contributed by atoms with Gasteiger partial charge in [0.2, 0.25) is 0 Å². The van der Waals surface area contributed by atoms with Crippen molar-refractivity contribution in [3.8, 4) is 0 Å². The van der Waals surface area contributed by atoms with Gasteiger partial charge in [0.1, 0.15) is 5.82 Å². The van der Waals surface area contributed by atoms with Gasteiger partial charge in [0.15, 0.2) is 0 Å². The second-order valence-electron chi connectivity index (χ2n) is 4.73. The maximum atomic E-state index is 13.7. The fraction of sp³-hybridized carbons (Fsp3) is 0.538. The van der Waals surface area contributed by atoms with Crippen LogP contribution < -0.4 is 5.73 Å². The van der Waals surface area contributed by atoms with Gasteiger partial charge in [0, 0.05) is 10.0 Å². The molecule has 0 aliphatic carbocycles. The van der Waals surface area contributed by atoms with Crippen molar-refractivity contribution in [2.75, 3.05) is 0 Å². The summed E-state index contributed by atoms with van der Waals surface area (Å²) in [6.45, 7) is 6.20. The summed E-state index contributed by atoms with van der Waals surface area (Å²) < 4.78 is 14.4. The Bertz CT molecular complexity index is 363. The van der Waals surface area contributed by atoms with Crippen LogP contribution in [0.1, 0.15) is 32.8 Å². The van der Waals surface area contributed by atoms with Crippen LogP contribution in [0.5, 0.6) is 0 Å². The van der Waals surface area contributed by atoms with Gasteiger partial charge in [0.05, 0.1) is 0 Å². The second kappa shape index (κ2) is 5.28. The van der Waals surface area contributed by atoms with Crippen LogP contribution in [0.25, 0.3) is 0 Å². The molecular weight excluding hydrogens is 269 g/mol. The Morgan fingerprint density at radius 3 is 2.62 bits per heavy atom. The van der Waals surface area contributed by atoms with Gasteiger partial charge in [-0.2, -0.15) is 0 Å². The number of halogens is 2. The van der Waals surface area contributed by atoms with Crippen LogP contribution in [-0.2, 0) is 6.42 Å². The monoisotopic (exact) mass is 287 g/mol. The molecule has 0 fully saturated rings. The van der Waals surface area contributed by atoms with Crippen molar-refractivity contribution in [1.82, 2.24) is 0 Å². The van der Waals surface area contributed by atoms with E-state index in [-0.39, 0.29) is 11.4 Å². The molecule has 2 N–H and O–H groups in total. The molecule has 0 radical (unpaired) electrons. The third-order valence-electron chi connectivity index (χ3n) is 3.32. The van der Waals surface area contributed by atoms with Crippen LogP contribution in [0.4, 0.5) is 4.39 Å². The number of hydrogen-bond donors (Lipinski definition) is 1. The molecule has 0 aliphatic rings. The predicted molar refractivity (Wildman–Crippen MR) is 69.9 cm³/mol. The van der Waals surface area contributed by atoms with Gasteiger partial charge in [-0.1, -0.05) is 42.3 Å². The lowest BCUT2D eigenvalue weighted by Crippen LogP contribution is -2.45. The summed E-state index contributed by atoms with van der Waals surface area (Å²) in [6, 6.07) is 5.14. The minimum atomic E-state index is -0.358. The first-order valence-electron chi connectivity index (χ1n) is 5.59. The molecule has 0 saturated heterocycles. The van der Waals surface area contributed by atoms with Crippen molar-refractivity contribution in [2.24, 2.45) is 11.7 Å². The van der Waals surface area contributed by atoms with Crippen molar-refractivity contribution in [2.45, 2.75) is 39.2 Å². The average Bonchev–Trinajstić information content (AvgIpc) is 2.21. The van der Waals surface area contributed by atoms with Gasteiger partial charge in [-0.25, -0.2) is 4.39 Å². The zero-order chi connectivity index (χ0) is 12.3. The fourth-order valence-electron chi connectivity index (χ4n) is 1.72. The number of nitrogens with two attached hydrogens (primary N) is 1. The van der Waals surface area contributed by atoms with Crippen molar-refractivity contribution in [3.63, 3.8) is 0 Å². The average molecular weight is 288 g/mol. The SMILES string of the molecule is CCC(C)C(C)(N)Cc1ccc(Br)cc1F. The lowest BCUT2D eigenvalue weighted by atomic mass is 9.81. The van der Waals surface area contributed by atoms with E-state index >= 15 is 0 Å². The minimum absolute atomic E-state index is 0.186. The van der Waals surface area contributed by atoms with E-state index in [1.807, 2.05) is 13.0 Å². The summed E-state index contributed by atoms with van der Waals surface area (Å²) in [5.74, 6) is 0.185. The zero-order valence-corrected chi connectivity index (χ0v) is 11.6. The lowest BCUT2D eigenvalue weighted by Gasteiger charge is -2.31. The van der Waals surface area contributed by atoms with E-state index in [2.05, 4.69) is 29.8 Å². The van der Waals surface area contributed by atoms with E-state index in [4.69, 9.17) is 5.73 Å². The molecule has 0 saturated carbocycles. The molecule has 0 heterocycles.